The molecule has 1 N–H and O–H groups in total. The number of nitrogens with one attached hydrogen (secondary N) is 1. The summed E-state index contributed by atoms with van der Waals surface area (Å²) in [6.45, 7) is 6.55. The molecular formula is C13H23NO. The van der Waals surface area contributed by atoms with E-state index in [2.05, 4.69) is 19.2 Å². The SMILES string of the molecule is CC1CC(C)CC(C(=O)[C@@H]2CCNC2)C1. The second kappa shape index (κ2) is 4.65. The Labute approximate surface area is 92.8 Å². The van der Waals surface area contributed by atoms with Gasteiger partial charge >= 0.3 is 0 Å². The van der Waals surface area contributed by atoms with E-state index in [4.69, 9.17) is 0 Å². The first-order valence-corrected chi connectivity index (χ1v) is 6.41. The number of rotatable bonds is 2. The first-order chi connectivity index (χ1) is 7.16. The van der Waals surface area contributed by atoms with Crippen LogP contribution in [0.5, 0.6) is 0 Å². The van der Waals surface area contributed by atoms with Crippen molar-refractivity contribution in [3.8, 4) is 0 Å². The Bertz CT molecular complexity index is 223. The predicted octanol–water partition coefficient (Wildman–Crippen LogP) is 2.24. The van der Waals surface area contributed by atoms with Crippen LogP contribution in [0.1, 0.15) is 39.5 Å². The van der Waals surface area contributed by atoms with E-state index in [1.54, 1.807) is 0 Å². The number of ketones is 1. The molecule has 0 aromatic rings. The summed E-state index contributed by atoms with van der Waals surface area (Å²) in [4.78, 5) is 12.3. The van der Waals surface area contributed by atoms with Crippen molar-refractivity contribution in [1.29, 1.82) is 0 Å². The lowest BCUT2D eigenvalue weighted by atomic mass is 9.73. The summed E-state index contributed by atoms with van der Waals surface area (Å²) in [6, 6.07) is 0. The third kappa shape index (κ3) is 2.60. The molecule has 2 unspecified atom stereocenters. The van der Waals surface area contributed by atoms with Crippen LogP contribution >= 0.6 is 0 Å². The van der Waals surface area contributed by atoms with E-state index in [0.717, 1.165) is 44.2 Å². The fraction of sp³-hybridized carbons (Fsp3) is 0.923. The molecule has 2 aliphatic rings. The summed E-state index contributed by atoms with van der Waals surface area (Å²) in [5.74, 6) is 2.74. The molecule has 1 aliphatic carbocycles. The maximum absolute atomic E-state index is 12.3. The quantitative estimate of drug-likeness (QED) is 0.755. The van der Waals surface area contributed by atoms with Crippen LogP contribution in [0.3, 0.4) is 0 Å². The van der Waals surface area contributed by atoms with Crippen molar-refractivity contribution in [3.63, 3.8) is 0 Å². The molecule has 2 rings (SSSR count). The van der Waals surface area contributed by atoms with Gasteiger partial charge in [0, 0.05) is 18.4 Å². The average molecular weight is 209 g/mol. The van der Waals surface area contributed by atoms with Gasteiger partial charge in [-0.25, -0.2) is 0 Å². The highest BCUT2D eigenvalue weighted by Crippen LogP contribution is 2.35. The standard InChI is InChI=1S/C13H23NO/c1-9-5-10(2)7-12(6-9)13(15)11-3-4-14-8-11/h9-12,14H,3-8H2,1-2H3/t9?,10?,11-,12?/m1/s1. The van der Waals surface area contributed by atoms with E-state index >= 15 is 0 Å². The van der Waals surface area contributed by atoms with Gasteiger partial charge < -0.3 is 5.32 Å². The monoisotopic (exact) mass is 209 g/mol. The number of hydrogen-bond acceptors (Lipinski definition) is 2. The summed E-state index contributed by atoms with van der Waals surface area (Å²) in [6.07, 6.45) is 4.66. The van der Waals surface area contributed by atoms with E-state index in [1.165, 1.54) is 6.42 Å². The number of Topliss-reactive ketones (excluding diaryl/α,β-unsaturated/α-hetero) is 1. The fourth-order valence-electron chi connectivity index (χ4n) is 3.41. The van der Waals surface area contributed by atoms with Crippen LogP contribution in [0, 0.1) is 23.7 Å². The molecule has 0 radical (unpaired) electrons. The molecule has 1 saturated carbocycles. The van der Waals surface area contributed by atoms with E-state index < -0.39 is 0 Å². The maximum atomic E-state index is 12.3. The molecular weight excluding hydrogens is 186 g/mol. The average Bonchev–Trinajstić information content (AvgIpc) is 2.67. The minimum Gasteiger partial charge on any atom is -0.316 e. The lowest BCUT2D eigenvalue weighted by Gasteiger charge is -2.31. The second-order valence-electron chi connectivity index (χ2n) is 5.71. The molecule has 15 heavy (non-hydrogen) atoms. The highest BCUT2D eigenvalue weighted by Gasteiger charge is 2.33. The zero-order valence-corrected chi connectivity index (χ0v) is 9.96. The van der Waals surface area contributed by atoms with Gasteiger partial charge in [0.15, 0.2) is 0 Å². The van der Waals surface area contributed by atoms with Gasteiger partial charge in [0.25, 0.3) is 0 Å². The molecule has 1 heterocycles. The van der Waals surface area contributed by atoms with Crippen molar-refractivity contribution in [1.82, 2.24) is 5.32 Å². The van der Waals surface area contributed by atoms with Crippen LogP contribution in [-0.2, 0) is 4.79 Å². The van der Waals surface area contributed by atoms with Gasteiger partial charge in [-0.05, 0) is 44.1 Å². The Balaban J connectivity index is 1.93. The first kappa shape index (κ1) is 11.1. The first-order valence-electron chi connectivity index (χ1n) is 6.41. The van der Waals surface area contributed by atoms with E-state index in [9.17, 15) is 4.79 Å². The summed E-state index contributed by atoms with van der Waals surface area (Å²) in [5, 5.41) is 3.29. The topological polar surface area (TPSA) is 29.1 Å². The highest BCUT2D eigenvalue weighted by molar-refractivity contribution is 5.84. The van der Waals surface area contributed by atoms with Gasteiger partial charge in [0.05, 0.1) is 0 Å². The van der Waals surface area contributed by atoms with Crippen LogP contribution in [0.2, 0.25) is 0 Å². The van der Waals surface area contributed by atoms with Crippen molar-refractivity contribution >= 4 is 5.78 Å². The predicted molar refractivity (Wildman–Crippen MR) is 61.7 cm³/mol. The van der Waals surface area contributed by atoms with Gasteiger partial charge in [0.1, 0.15) is 5.78 Å². The van der Waals surface area contributed by atoms with Crippen molar-refractivity contribution in [2.75, 3.05) is 13.1 Å². The molecule has 2 nitrogen and oxygen atoms in total. The molecule has 0 spiro atoms. The smallest absolute Gasteiger partial charge is 0.140 e. The summed E-state index contributed by atoms with van der Waals surface area (Å²) in [5.41, 5.74) is 0. The van der Waals surface area contributed by atoms with Crippen molar-refractivity contribution in [2.24, 2.45) is 23.7 Å². The number of carbonyl (C=O) groups excluding carboxylic acids is 1. The molecule has 1 aliphatic heterocycles. The molecule has 3 atom stereocenters. The minimum absolute atomic E-state index is 0.326. The minimum atomic E-state index is 0.326. The Morgan fingerprint density at radius 1 is 1.07 bits per heavy atom. The molecule has 86 valence electrons. The van der Waals surface area contributed by atoms with Crippen LogP contribution < -0.4 is 5.32 Å². The lowest BCUT2D eigenvalue weighted by Crippen LogP contribution is -2.31. The van der Waals surface area contributed by atoms with Crippen LogP contribution in [-0.4, -0.2) is 18.9 Å². The van der Waals surface area contributed by atoms with Gasteiger partial charge in [-0.3, -0.25) is 4.79 Å². The van der Waals surface area contributed by atoms with Gasteiger partial charge in [-0.2, -0.15) is 0 Å². The largest absolute Gasteiger partial charge is 0.316 e. The zero-order chi connectivity index (χ0) is 10.8. The molecule has 2 fully saturated rings. The van der Waals surface area contributed by atoms with E-state index in [-0.39, 0.29) is 0 Å². The van der Waals surface area contributed by atoms with Crippen LogP contribution in [0.15, 0.2) is 0 Å². The molecule has 0 bridgehead atoms. The lowest BCUT2D eigenvalue weighted by molar-refractivity contribution is -0.128. The van der Waals surface area contributed by atoms with Gasteiger partial charge in [-0.15, -0.1) is 0 Å². The van der Waals surface area contributed by atoms with Crippen molar-refractivity contribution in [2.45, 2.75) is 39.5 Å². The molecule has 2 heteroatoms. The van der Waals surface area contributed by atoms with Crippen LogP contribution in [0.25, 0.3) is 0 Å². The third-order valence-electron chi connectivity index (χ3n) is 4.04. The van der Waals surface area contributed by atoms with E-state index in [1.807, 2.05) is 0 Å². The second-order valence-corrected chi connectivity index (χ2v) is 5.71. The van der Waals surface area contributed by atoms with Crippen molar-refractivity contribution in [3.05, 3.63) is 0 Å². The Kier molecular flexibility index (Phi) is 3.45. The third-order valence-corrected chi connectivity index (χ3v) is 4.04. The molecule has 0 aromatic carbocycles. The Morgan fingerprint density at radius 2 is 1.73 bits per heavy atom. The number of hydrogen-bond donors (Lipinski definition) is 1. The molecule has 0 amide bonds. The Hall–Kier alpha value is -0.370. The summed E-state index contributed by atoms with van der Waals surface area (Å²) < 4.78 is 0. The normalized spacial score (nSPS) is 41.7. The summed E-state index contributed by atoms with van der Waals surface area (Å²) >= 11 is 0. The highest BCUT2D eigenvalue weighted by atomic mass is 16.1. The summed E-state index contributed by atoms with van der Waals surface area (Å²) in [7, 11) is 0. The zero-order valence-electron chi connectivity index (χ0n) is 9.96. The maximum Gasteiger partial charge on any atom is 0.140 e. The van der Waals surface area contributed by atoms with Gasteiger partial charge in [0.2, 0.25) is 0 Å². The van der Waals surface area contributed by atoms with Crippen molar-refractivity contribution < 1.29 is 4.79 Å². The molecule has 1 saturated heterocycles. The molecule has 0 aromatic heterocycles. The Morgan fingerprint density at radius 3 is 2.27 bits per heavy atom. The van der Waals surface area contributed by atoms with Gasteiger partial charge in [-0.1, -0.05) is 13.8 Å². The number of carbonyl (C=O) groups is 1. The van der Waals surface area contributed by atoms with Crippen LogP contribution in [0.4, 0.5) is 0 Å². The fourth-order valence-corrected chi connectivity index (χ4v) is 3.41. The van der Waals surface area contributed by atoms with E-state index in [0.29, 0.717) is 17.6 Å².